The molecule has 1 heterocycles. The molecule has 0 spiro atoms. The van der Waals surface area contributed by atoms with E-state index in [2.05, 4.69) is 18.9 Å². The van der Waals surface area contributed by atoms with Crippen LogP contribution in [0.4, 0.5) is 0 Å². The van der Waals surface area contributed by atoms with Gasteiger partial charge in [0.1, 0.15) is 0 Å². The minimum Gasteiger partial charge on any atom is -0.381 e. The molecule has 2 fully saturated rings. The lowest BCUT2D eigenvalue weighted by atomic mass is 9.80. The summed E-state index contributed by atoms with van der Waals surface area (Å²) in [4.78, 5) is 2.63. The normalized spacial score (nSPS) is 37.3. The molecular weight excluding hydrogens is 236 g/mol. The first kappa shape index (κ1) is 15.3. The van der Waals surface area contributed by atoms with E-state index < -0.39 is 0 Å². The van der Waals surface area contributed by atoms with Gasteiger partial charge in [0.05, 0.1) is 0 Å². The van der Waals surface area contributed by atoms with Crippen molar-refractivity contribution in [3.05, 3.63) is 0 Å². The second-order valence-corrected chi connectivity index (χ2v) is 6.59. The summed E-state index contributed by atoms with van der Waals surface area (Å²) in [6, 6.07) is 0.740. The first-order chi connectivity index (χ1) is 9.22. The summed E-state index contributed by atoms with van der Waals surface area (Å²) in [5, 5.41) is 0. The van der Waals surface area contributed by atoms with Crippen LogP contribution in [0.25, 0.3) is 0 Å². The van der Waals surface area contributed by atoms with E-state index in [0.717, 1.165) is 44.6 Å². The summed E-state index contributed by atoms with van der Waals surface area (Å²) in [5.41, 5.74) is 6.37. The molecule has 112 valence electrons. The van der Waals surface area contributed by atoms with Crippen molar-refractivity contribution >= 4 is 0 Å². The fourth-order valence-electron chi connectivity index (χ4n) is 4.02. The van der Waals surface area contributed by atoms with Gasteiger partial charge in [-0.15, -0.1) is 0 Å². The molecule has 1 atom stereocenters. The molecular formula is C16H32N2O. The average molecular weight is 268 g/mol. The predicted molar refractivity (Wildman–Crippen MR) is 80.3 cm³/mol. The van der Waals surface area contributed by atoms with Gasteiger partial charge in [-0.05, 0) is 57.9 Å². The van der Waals surface area contributed by atoms with Crippen LogP contribution >= 0.6 is 0 Å². The van der Waals surface area contributed by atoms with Crippen molar-refractivity contribution in [3.8, 4) is 0 Å². The maximum atomic E-state index is 6.17. The zero-order valence-electron chi connectivity index (χ0n) is 12.9. The SMILES string of the molecule is CCC1CCC(N(C)C2(CN)CCCOCC2)CC1. The first-order valence-electron chi connectivity index (χ1n) is 8.22. The van der Waals surface area contributed by atoms with E-state index in [0.29, 0.717) is 0 Å². The topological polar surface area (TPSA) is 38.5 Å². The van der Waals surface area contributed by atoms with Gasteiger partial charge in [-0.2, -0.15) is 0 Å². The summed E-state index contributed by atoms with van der Waals surface area (Å²) in [6.07, 6.45) is 10.3. The zero-order valence-corrected chi connectivity index (χ0v) is 12.9. The second-order valence-electron chi connectivity index (χ2n) is 6.59. The number of ether oxygens (including phenoxy) is 1. The summed E-state index contributed by atoms with van der Waals surface area (Å²) >= 11 is 0. The van der Waals surface area contributed by atoms with Gasteiger partial charge in [0.2, 0.25) is 0 Å². The highest BCUT2D eigenvalue weighted by atomic mass is 16.5. The molecule has 1 unspecified atom stereocenters. The Morgan fingerprint density at radius 1 is 1.16 bits per heavy atom. The van der Waals surface area contributed by atoms with E-state index in [1.54, 1.807) is 0 Å². The van der Waals surface area contributed by atoms with Gasteiger partial charge >= 0.3 is 0 Å². The molecule has 0 aromatic carbocycles. The third-order valence-electron chi connectivity index (χ3n) is 5.71. The van der Waals surface area contributed by atoms with Crippen LogP contribution in [0.5, 0.6) is 0 Å². The molecule has 0 radical (unpaired) electrons. The fourth-order valence-corrected chi connectivity index (χ4v) is 4.02. The molecule has 0 aromatic rings. The molecule has 0 aromatic heterocycles. The lowest BCUT2D eigenvalue weighted by Gasteiger charge is -2.47. The van der Waals surface area contributed by atoms with E-state index in [-0.39, 0.29) is 5.54 Å². The van der Waals surface area contributed by atoms with Crippen LogP contribution in [0.2, 0.25) is 0 Å². The van der Waals surface area contributed by atoms with E-state index in [1.165, 1.54) is 38.5 Å². The molecule has 19 heavy (non-hydrogen) atoms. The quantitative estimate of drug-likeness (QED) is 0.852. The van der Waals surface area contributed by atoms with Crippen LogP contribution < -0.4 is 5.73 Å². The second kappa shape index (κ2) is 7.05. The monoisotopic (exact) mass is 268 g/mol. The lowest BCUT2D eigenvalue weighted by Crippen LogP contribution is -2.56. The summed E-state index contributed by atoms with van der Waals surface area (Å²) in [6.45, 7) is 4.91. The molecule has 1 saturated carbocycles. The Morgan fingerprint density at radius 2 is 1.89 bits per heavy atom. The Hall–Kier alpha value is -0.120. The van der Waals surface area contributed by atoms with Crippen LogP contribution in [-0.4, -0.2) is 43.3 Å². The Bertz CT molecular complexity index is 253. The third kappa shape index (κ3) is 3.50. The van der Waals surface area contributed by atoms with E-state index in [9.17, 15) is 0 Å². The lowest BCUT2D eigenvalue weighted by molar-refractivity contribution is 0.0320. The molecule has 0 amide bonds. The molecule has 2 aliphatic rings. The fraction of sp³-hybridized carbons (Fsp3) is 1.00. The molecule has 1 aliphatic carbocycles. The standard InChI is InChI=1S/C16H32N2O/c1-3-14-5-7-15(8-6-14)18(2)16(13-17)9-4-11-19-12-10-16/h14-15H,3-13,17H2,1-2H3. The molecule has 1 aliphatic heterocycles. The maximum Gasteiger partial charge on any atom is 0.0484 e. The van der Waals surface area contributed by atoms with Gasteiger partial charge in [0.15, 0.2) is 0 Å². The highest BCUT2D eigenvalue weighted by Crippen LogP contribution is 2.35. The number of rotatable bonds is 4. The summed E-state index contributed by atoms with van der Waals surface area (Å²) in [5.74, 6) is 0.968. The van der Waals surface area contributed by atoms with Crippen LogP contribution in [0, 0.1) is 5.92 Å². The maximum absolute atomic E-state index is 6.17. The highest BCUT2D eigenvalue weighted by Gasteiger charge is 2.38. The van der Waals surface area contributed by atoms with Crippen LogP contribution in [0.1, 0.15) is 58.3 Å². The molecule has 3 heteroatoms. The van der Waals surface area contributed by atoms with Crippen LogP contribution in [-0.2, 0) is 4.74 Å². The van der Waals surface area contributed by atoms with Crippen molar-refractivity contribution in [1.82, 2.24) is 4.90 Å². The van der Waals surface area contributed by atoms with Gasteiger partial charge < -0.3 is 10.5 Å². The Morgan fingerprint density at radius 3 is 2.53 bits per heavy atom. The smallest absolute Gasteiger partial charge is 0.0484 e. The highest BCUT2D eigenvalue weighted by molar-refractivity contribution is 4.95. The van der Waals surface area contributed by atoms with Crippen LogP contribution in [0.3, 0.4) is 0 Å². The van der Waals surface area contributed by atoms with Crippen molar-refractivity contribution in [3.63, 3.8) is 0 Å². The Kier molecular flexibility index (Phi) is 5.67. The van der Waals surface area contributed by atoms with E-state index >= 15 is 0 Å². The average Bonchev–Trinajstić information content (AvgIpc) is 2.73. The number of nitrogens with zero attached hydrogens (tertiary/aromatic N) is 1. The van der Waals surface area contributed by atoms with Gasteiger partial charge in [-0.3, -0.25) is 4.90 Å². The van der Waals surface area contributed by atoms with Gasteiger partial charge in [-0.25, -0.2) is 0 Å². The van der Waals surface area contributed by atoms with Crippen molar-refractivity contribution < 1.29 is 4.74 Å². The van der Waals surface area contributed by atoms with Gasteiger partial charge in [0.25, 0.3) is 0 Å². The third-order valence-corrected chi connectivity index (χ3v) is 5.71. The molecule has 2 rings (SSSR count). The van der Waals surface area contributed by atoms with Gasteiger partial charge in [-0.1, -0.05) is 13.3 Å². The van der Waals surface area contributed by atoms with Gasteiger partial charge in [0, 0.05) is 31.3 Å². The largest absolute Gasteiger partial charge is 0.381 e. The first-order valence-corrected chi connectivity index (χ1v) is 8.22. The zero-order chi connectivity index (χ0) is 13.7. The molecule has 1 saturated heterocycles. The molecule has 0 bridgehead atoms. The van der Waals surface area contributed by atoms with E-state index in [4.69, 9.17) is 10.5 Å². The molecule has 3 nitrogen and oxygen atoms in total. The van der Waals surface area contributed by atoms with Crippen molar-refractivity contribution in [2.45, 2.75) is 69.9 Å². The van der Waals surface area contributed by atoms with Crippen molar-refractivity contribution in [1.29, 1.82) is 0 Å². The number of nitrogens with two attached hydrogens (primary N) is 1. The summed E-state index contributed by atoms with van der Waals surface area (Å²) < 4.78 is 5.64. The van der Waals surface area contributed by atoms with E-state index in [1.807, 2.05) is 0 Å². The van der Waals surface area contributed by atoms with Crippen molar-refractivity contribution in [2.24, 2.45) is 11.7 Å². The minimum absolute atomic E-state index is 0.195. The Balaban J connectivity index is 1.97. The summed E-state index contributed by atoms with van der Waals surface area (Å²) in [7, 11) is 2.31. The Labute approximate surface area is 118 Å². The number of likely N-dealkylation sites (N-methyl/N-ethyl adjacent to an activating group) is 1. The molecule has 2 N–H and O–H groups in total. The minimum atomic E-state index is 0.195. The number of hydrogen-bond donors (Lipinski definition) is 1. The predicted octanol–water partition coefficient (Wildman–Crippen LogP) is 2.79. The number of hydrogen-bond acceptors (Lipinski definition) is 3. The van der Waals surface area contributed by atoms with Crippen molar-refractivity contribution in [2.75, 3.05) is 26.8 Å². The van der Waals surface area contributed by atoms with Crippen LogP contribution in [0.15, 0.2) is 0 Å².